The number of aromatic nitrogens is 6. The molecule has 0 fully saturated rings. The van der Waals surface area contributed by atoms with Crippen molar-refractivity contribution < 1.29 is 4.79 Å². The van der Waals surface area contributed by atoms with Crippen molar-refractivity contribution in [1.29, 1.82) is 0 Å². The molecule has 1 aliphatic carbocycles. The Balaban J connectivity index is 1.36. The van der Waals surface area contributed by atoms with Gasteiger partial charge < -0.3 is 15.3 Å². The summed E-state index contributed by atoms with van der Waals surface area (Å²) in [5.74, 6) is 0.520. The van der Waals surface area contributed by atoms with Crippen LogP contribution in [-0.4, -0.2) is 35.8 Å². The van der Waals surface area contributed by atoms with Crippen molar-refractivity contribution >= 4 is 28.0 Å². The minimum Gasteiger partial charge on any atom is -0.346 e. The molecule has 0 aliphatic heterocycles. The fourth-order valence-electron chi connectivity index (χ4n) is 4.85. The van der Waals surface area contributed by atoms with E-state index in [0.29, 0.717) is 16.7 Å². The molecular weight excluding hydrogens is 426 g/mol. The van der Waals surface area contributed by atoms with Crippen molar-refractivity contribution in [3.63, 3.8) is 0 Å². The van der Waals surface area contributed by atoms with Gasteiger partial charge in [0.15, 0.2) is 0 Å². The van der Waals surface area contributed by atoms with Gasteiger partial charge in [-0.3, -0.25) is 9.78 Å². The van der Waals surface area contributed by atoms with Crippen LogP contribution in [0.5, 0.6) is 0 Å². The number of aromatic amines is 2. The molecule has 0 saturated heterocycles. The first-order valence-electron chi connectivity index (χ1n) is 10.9. The van der Waals surface area contributed by atoms with E-state index in [9.17, 15) is 4.79 Å². The van der Waals surface area contributed by atoms with Crippen LogP contribution >= 0.6 is 0 Å². The van der Waals surface area contributed by atoms with Gasteiger partial charge in [0.2, 0.25) is 0 Å². The Morgan fingerprint density at radius 2 is 1.82 bits per heavy atom. The van der Waals surface area contributed by atoms with Crippen LogP contribution in [0.1, 0.15) is 27.7 Å². The summed E-state index contributed by atoms with van der Waals surface area (Å²) >= 11 is 0. The molecule has 7 rings (SSSR count). The van der Waals surface area contributed by atoms with Crippen LogP contribution < -0.4 is 5.32 Å². The van der Waals surface area contributed by atoms with Gasteiger partial charge in [-0.15, -0.1) is 0 Å². The second-order valence-corrected chi connectivity index (χ2v) is 8.20. The zero-order valence-corrected chi connectivity index (χ0v) is 17.8. The van der Waals surface area contributed by atoms with Gasteiger partial charge in [-0.2, -0.15) is 0 Å². The summed E-state index contributed by atoms with van der Waals surface area (Å²) in [6.07, 6.45) is 6.66. The predicted octanol–water partition coefficient (Wildman–Crippen LogP) is 4.40. The van der Waals surface area contributed by atoms with Gasteiger partial charge in [-0.25, -0.2) is 15.0 Å². The van der Waals surface area contributed by atoms with Crippen molar-refractivity contribution in [2.45, 2.75) is 6.04 Å². The molecule has 4 heterocycles. The summed E-state index contributed by atoms with van der Waals surface area (Å²) in [7, 11) is 0. The Morgan fingerprint density at radius 3 is 2.76 bits per heavy atom. The molecule has 34 heavy (non-hydrogen) atoms. The van der Waals surface area contributed by atoms with Gasteiger partial charge in [-0.05, 0) is 34.4 Å². The highest BCUT2D eigenvalue weighted by Crippen LogP contribution is 2.47. The van der Waals surface area contributed by atoms with E-state index in [4.69, 9.17) is 4.98 Å². The van der Waals surface area contributed by atoms with Crippen LogP contribution in [0.25, 0.3) is 44.6 Å². The number of hydrogen-bond acceptors (Lipinski definition) is 5. The van der Waals surface area contributed by atoms with E-state index in [1.807, 2.05) is 30.3 Å². The molecule has 1 atom stereocenters. The maximum Gasteiger partial charge on any atom is 0.271 e. The lowest BCUT2D eigenvalue weighted by molar-refractivity contribution is 0.0940. The summed E-state index contributed by atoms with van der Waals surface area (Å²) < 4.78 is 0. The SMILES string of the molecule is O=C(NC1c2ccccc2-c2c(-c3nc4ccncc4[nH]3)cccc21)c1ncnc2[nH]ccc12. The Labute approximate surface area is 193 Å². The van der Waals surface area contributed by atoms with Crippen LogP contribution in [0.15, 0.2) is 79.5 Å². The third-order valence-corrected chi connectivity index (χ3v) is 6.33. The zero-order chi connectivity index (χ0) is 22.6. The Hall–Kier alpha value is -4.85. The second-order valence-electron chi connectivity index (χ2n) is 8.20. The van der Waals surface area contributed by atoms with Gasteiger partial charge in [0.1, 0.15) is 23.5 Å². The summed E-state index contributed by atoms with van der Waals surface area (Å²) in [6, 6.07) is 17.6. The fourth-order valence-corrected chi connectivity index (χ4v) is 4.85. The number of amides is 1. The number of hydrogen-bond donors (Lipinski definition) is 3. The number of rotatable bonds is 3. The highest BCUT2D eigenvalue weighted by molar-refractivity contribution is 6.04. The molecule has 8 nitrogen and oxygen atoms in total. The summed E-state index contributed by atoms with van der Waals surface area (Å²) in [5, 5.41) is 3.90. The third-order valence-electron chi connectivity index (χ3n) is 6.33. The van der Waals surface area contributed by atoms with E-state index in [1.54, 1.807) is 18.6 Å². The largest absolute Gasteiger partial charge is 0.346 e. The molecule has 1 amide bonds. The van der Waals surface area contributed by atoms with Crippen molar-refractivity contribution in [2.75, 3.05) is 0 Å². The number of nitrogens with one attached hydrogen (secondary N) is 3. The van der Waals surface area contributed by atoms with E-state index >= 15 is 0 Å². The first-order valence-corrected chi connectivity index (χ1v) is 10.9. The lowest BCUT2D eigenvalue weighted by atomic mass is 9.99. The van der Waals surface area contributed by atoms with E-state index in [1.165, 1.54) is 6.33 Å². The minimum absolute atomic E-state index is 0.250. The Bertz CT molecular complexity index is 1700. The number of fused-ring (bicyclic) bond motifs is 5. The van der Waals surface area contributed by atoms with Crippen LogP contribution in [0, 0.1) is 0 Å². The molecule has 3 N–H and O–H groups in total. The van der Waals surface area contributed by atoms with Crippen molar-refractivity contribution in [3.05, 3.63) is 96.3 Å². The average Bonchev–Trinajstić information content (AvgIpc) is 3.60. The highest BCUT2D eigenvalue weighted by Gasteiger charge is 2.33. The molecule has 0 bridgehead atoms. The van der Waals surface area contributed by atoms with Crippen molar-refractivity contribution in [1.82, 2.24) is 35.2 Å². The van der Waals surface area contributed by atoms with Crippen LogP contribution in [0.4, 0.5) is 0 Å². The number of nitrogens with zero attached hydrogens (tertiary/aromatic N) is 4. The number of benzene rings is 2. The number of pyridine rings is 1. The van der Waals surface area contributed by atoms with Gasteiger partial charge in [0, 0.05) is 18.0 Å². The molecule has 6 aromatic rings. The number of imidazole rings is 1. The molecule has 1 aliphatic rings. The molecule has 1 unspecified atom stereocenters. The van der Waals surface area contributed by atoms with Gasteiger partial charge >= 0.3 is 0 Å². The molecule has 2 aromatic carbocycles. The van der Waals surface area contributed by atoms with Crippen LogP contribution in [0.2, 0.25) is 0 Å². The first-order chi connectivity index (χ1) is 16.8. The molecule has 162 valence electrons. The smallest absolute Gasteiger partial charge is 0.271 e. The summed E-state index contributed by atoms with van der Waals surface area (Å²) in [6.45, 7) is 0. The van der Waals surface area contributed by atoms with Gasteiger partial charge in [0.25, 0.3) is 5.91 Å². The molecule has 0 spiro atoms. The molecule has 8 heteroatoms. The topological polar surface area (TPSA) is 112 Å². The minimum atomic E-state index is -0.311. The molecule has 0 saturated carbocycles. The summed E-state index contributed by atoms with van der Waals surface area (Å²) in [4.78, 5) is 37.2. The standard InChI is InChI=1S/C26H17N7O/c34-26(23-18-8-11-28-24(18)30-13-29-23)33-22-15-5-2-1-4-14(15)21-16(22)6-3-7-17(21)25-31-19-9-10-27-12-20(19)32-25/h1-13,22H,(H,31,32)(H,33,34)(H,28,29,30). The maximum atomic E-state index is 13.4. The van der Waals surface area contributed by atoms with Crippen LogP contribution in [-0.2, 0) is 0 Å². The van der Waals surface area contributed by atoms with E-state index in [-0.39, 0.29) is 11.9 Å². The zero-order valence-electron chi connectivity index (χ0n) is 17.8. The average molecular weight is 443 g/mol. The molecular formula is C26H17N7O. The Kier molecular flexibility index (Phi) is 3.89. The Morgan fingerprint density at radius 1 is 0.941 bits per heavy atom. The number of carbonyl (C=O) groups excluding carboxylic acids is 1. The number of carbonyl (C=O) groups is 1. The maximum absolute atomic E-state index is 13.4. The quantitative estimate of drug-likeness (QED) is 0.375. The molecule has 0 radical (unpaired) electrons. The lowest BCUT2D eigenvalue weighted by Crippen LogP contribution is -2.29. The summed E-state index contributed by atoms with van der Waals surface area (Å²) in [5.41, 5.74) is 7.89. The second kappa shape index (κ2) is 7.08. The van der Waals surface area contributed by atoms with E-state index in [0.717, 1.165) is 44.7 Å². The lowest BCUT2D eigenvalue weighted by Gasteiger charge is -2.16. The van der Waals surface area contributed by atoms with Crippen LogP contribution in [0.3, 0.4) is 0 Å². The van der Waals surface area contributed by atoms with Crippen molar-refractivity contribution in [2.24, 2.45) is 0 Å². The third kappa shape index (κ3) is 2.69. The highest BCUT2D eigenvalue weighted by atomic mass is 16.2. The van der Waals surface area contributed by atoms with Gasteiger partial charge in [-0.1, -0.05) is 42.5 Å². The number of H-pyrrole nitrogens is 2. The van der Waals surface area contributed by atoms with E-state index in [2.05, 4.69) is 54.5 Å². The molecule has 4 aromatic heterocycles. The normalized spacial score (nSPS) is 14.3. The van der Waals surface area contributed by atoms with Gasteiger partial charge in [0.05, 0.1) is 28.7 Å². The first kappa shape index (κ1) is 18.7. The van der Waals surface area contributed by atoms with E-state index < -0.39 is 0 Å². The predicted molar refractivity (Wildman–Crippen MR) is 128 cm³/mol. The van der Waals surface area contributed by atoms with Crippen molar-refractivity contribution in [3.8, 4) is 22.5 Å². The monoisotopic (exact) mass is 443 g/mol. The fraction of sp³-hybridized carbons (Fsp3) is 0.0385.